The summed E-state index contributed by atoms with van der Waals surface area (Å²) >= 11 is 0. The first-order chi connectivity index (χ1) is 19.5. The van der Waals surface area contributed by atoms with Gasteiger partial charge in [0.25, 0.3) is 17.7 Å². The maximum atomic E-state index is 13.2. The number of anilines is 4. The first-order valence-corrected chi connectivity index (χ1v) is 11.6. The second-order valence-electron chi connectivity index (χ2n) is 8.33. The molecule has 0 radical (unpaired) electrons. The van der Waals surface area contributed by atoms with Crippen molar-refractivity contribution in [1.29, 1.82) is 0 Å². The summed E-state index contributed by atoms with van der Waals surface area (Å²) in [5.74, 6) is -2.04. The van der Waals surface area contributed by atoms with E-state index in [0.717, 1.165) is 12.8 Å². The molecule has 1 aliphatic rings. The quantitative estimate of drug-likeness (QED) is 0.287. The standard InChI is InChI=1S/C26H27N7O5/c1-27-23(34)14-9-11-16(12-10-14)29-25(36)17-5-4-6-18(22(17)38-3)30-19-13-20(31-24(35)15-7-8-15)32-33-21(19)26(37)28-2/h4-6,9-13,15H,7-8H2,1-3H3,(H,27,34)(H,28,37)(H,29,36)(H2,30,31,32,35)/i2D3. The van der Waals surface area contributed by atoms with Gasteiger partial charge in [0.1, 0.15) is 0 Å². The van der Waals surface area contributed by atoms with E-state index in [1.165, 1.54) is 26.3 Å². The Hall–Kier alpha value is -5.00. The van der Waals surface area contributed by atoms with Crippen LogP contribution in [0.3, 0.4) is 0 Å². The molecule has 196 valence electrons. The molecule has 1 aliphatic carbocycles. The Morgan fingerprint density at radius 1 is 0.921 bits per heavy atom. The Morgan fingerprint density at radius 3 is 2.34 bits per heavy atom. The van der Waals surface area contributed by atoms with Crippen LogP contribution in [0.4, 0.5) is 22.9 Å². The fourth-order valence-electron chi connectivity index (χ4n) is 3.58. The molecule has 1 aromatic heterocycles. The number of carbonyl (C=O) groups is 4. The number of carbonyl (C=O) groups excluding carboxylic acids is 4. The van der Waals surface area contributed by atoms with Crippen LogP contribution in [0, 0.1) is 5.92 Å². The number of nitrogens with one attached hydrogen (secondary N) is 5. The number of amides is 4. The number of hydrogen-bond donors (Lipinski definition) is 5. The van der Waals surface area contributed by atoms with Gasteiger partial charge >= 0.3 is 0 Å². The van der Waals surface area contributed by atoms with Gasteiger partial charge in [0, 0.05) is 41.4 Å². The molecule has 4 rings (SSSR count). The third-order valence-corrected chi connectivity index (χ3v) is 5.69. The summed E-state index contributed by atoms with van der Waals surface area (Å²) in [6.07, 6.45) is 1.52. The summed E-state index contributed by atoms with van der Waals surface area (Å²) in [4.78, 5) is 49.9. The molecule has 2 aromatic carbocycles. The van der Waals surface area contributed by atoms with Gasteiger partial charge in [0.05, 0.1) is 24.0 Å². The van der Waals surface area contributed by atoms with Crippen molar-refractivity contribution in [1.82, 2.24) is 20.8 Å². The Balaban J connectivity index is 1.63. The molecule has 0 unspecified atom stereocenters. The maximum absolute atomic E-state index is 13.2. The molecule has 1 fully saturated rings. The highest BCUT2D eigenvalue weighted by molar-refractivity contribution is 6.08. The zero-order chi connectivity index (χ0) is 29.7. The van der Waals surface area contributed by atoms with Crippen molar-refractivity contribution in [2.45, 2.75) is 12.8 Å². The lowest BCUT2D eigenvalue weighted by Gasteiger charge is -2.17. The van der Waals surface area contributed by atoms with E-state index >= 15 is 0 Å². The summed E-state index contributed by atoms with van der Waals surface area (Å²) < 4.78 is 27.6. The van der Waals surface area contributed by atoms with Gasteiger partial charge in [0.2, 0.25) is 5.91 Å². The minimum Gasteiger partial charge on any atom is -0.494 e. The molecular weight excluding hydrogens is 490 g/mol. The van der Waals surface area contributed by atoms with Gasteiger partial charge in [-0.2, -0.15) is 0 Å². The number of nitrogens with zero attached hydrogens (tertiary/aromatic N) is 2. The molecule has 1 heterocycles. The minimum absolute atomic E-state index is 0.00787. The van der Waals surface area contributed by atoms with Crippen LogP contribution < -0.4 is 31.3 Å². The Morgan fingerprint density at radius 2 is 1.68 bits per heavy atom. The topological polar surface area (TPSA) is 163 Å². The van der Waals surface area contributed by atoms with E-state index in [2.05, 4.69) is 31.5 Å². The minimum atomic E-state index is -2.79. The first-order valence-electron chi connectivity index (χ1n) is 13.1. The molecular formula is C26H27N7O5. The molecule has 4 amide bonds. The van der Waals surface area contributed by atoms with E-state index < -0.39 is 18.8 Å². The number of benzene rings is 2. The Bertz CT molecular complexity index is 1490. The summed E-state index contributed by atoms with van der Waals surface area (Å²) in [7, 11) is 2.87. The zero-order valence-electron chi connectivity index (χ0n) is 23.5. The molecule has 12 nitrogen and oxygen atoms in total. The largest absolute Gasteiger partial charge is 0.494 e. The van der Waals surface area contributed by atoms with E-state index in [4.69, 9.17) is 8.85 Å². The molecule has 0 spiro atoms. The number of methoxy groups -OCH3 is 1. The maximum Gasteiger partial charge on any atom is 0.273 e. The smallest absolute Gasteiger partial charge is 0.273 e. The highest BCUT2D eigenvalue weighted by Gasteiger charge is 2.30. The van der Waals surface area contributed by atoms with Crippen molar-refractivity contribution < 1.29 is 28.0 Å². The van der Waals surface area contributed by atoms with E-state index in [0.29, 0.717) is 11.3 Å². The summed E-state index contributed by atoms with van der Waals surface area (Å²) in [6, 6.07) is 12.3. The lowest BCUT2D eigenvalue weighted by Crippen LogP contribution is -2.22. The Kier molecular flexibility index (Phi) is 6.65. The molecule has 12 heteroatoms. The molecule has 1 saturated carbocycles. The fourth-order valence-corrected chi connectivity index (χ4v) is 3.58. The molecule has 5 N–H and O–H groups in total. The summed E-state index contributed by atoms with van der Waals surface area (Å²) in [5, 5.41) is 20.4. The SMILES string of the molecule is [2H]C([2H])([2H])NC(=O)c1nnc(NC(=O)C2CC2)cc1Nc1cccc(C(=O)Nc2ccc(C(=O)NC)cc2)c1OC. The molecule has 0 bridgehead atoms. The second-order valence-corrected chi connectivity index (χ2v) is 8.33. The Labute approximate surface area is 222 Å². The van der Waals surface area contributed by atoms with Crippen molar-refractivity contribution in [3.8, 4) is 5.75 Å². The van der Waals surface area contributed by atoms with Crippen LogP contribution in [0.15, 0.2) is 48.5 Å². The molecule has 3 aromatic rings. The van der Waals surface area contributed by atoms with E-state index in [9.17, 15) is 19.2 Å². The van der Waals surface area contributed by atoms with Crippen molar-refractivity contribution in [2.75, 3.05) is 37.1 Å². The molecule has 0 aliphatic heterocycles. The van der Waals surface area contributed by atoms with Gasteiger partial charge < -0.3 is 31.3 Å². The van der Waals surface area contributed by atoms with E-state index in [1.54, 1.807) is 36.4 Å². The number of aromatic nitrogens is 2. The lowest BCUT2D eigenvalue weighted by molar-refractivity contribution is -0.117. The van der Waals surface area contributed by atoms with Crippen LogP contribution in [0.25, 0.3) is 0 Å². The number of hydrogen-bond acceptors (Lipinski definition) is 8. The van der Waals surface area contributed by atoms with Crippen LogP contribution in [0.1, 0.15) is 48.2 Å². The fraction of sp³-hybridized carbons (Fsp3) is 0.231. The third-order valence-electron chi connectivity index (χ3n) is 5.69. The third kappa shape index (κ3) is 5.86. The highest BCUT2D eigenvalue weighted by Crippen LogP contribution is 2.34. The lowest BCUT2D eigenvalue weighted by atomic mass is 10.1. The van der Waals surface area contributed by atoms with Gasteiger partial charge in [-0.25, -0.2) is 0 Å². The van der Waals surface area contributed by atoms with Gasteiger partial charge in [-0.05, 0) is 49.2 Å². The van der Waals surface area contributed by atoms with E-state index in [1.807, 2.05) is 5.32 Å². The molecule has 0 atom stereocenters. The summed E-state index contributed by atoms with van der Waals surface area (Å²) in [6.45, 7) is -2.79. The number of rotatable bonds is 9. The average molecular weight is 521 g/mol. The number of para-hydroxylation sites is 1. The van der Waals surface area contributed by atoms with Crippen LogP contribution in [0.2, 0.25) is 0 Å². The zero-order valence-corrected chi connectivity index (χ0v) is 20.5. The predicted octanol–water partition coefficient (Wildman–Crippen LogP) is 2.55. The van der Waals surface area contributed by atoms with Crippen molar-refractivity contribution >= 4 is 46.5 Å². The van der Waals surface area contributed by atoms with Gasteiger partial charge in [-0.3, -0.25) is 19.2 Å². The molecule has 0 saturated heterocycles. The van der Waals surface area contributed by atoms with Crippen molar-refractivity contribution in [3.63, 3.8) is 0 Å². The number of ether oxygens (including phenoxy) is 1. The average Bonchev–Trinajstić information content (AvgIpc) is 3.78. The van der Waals surface area contributed by atoms with Gasteiger partial charge in [-0.15, -0.1) is 10.2 Å². The second kappa shape index (κ2) is 11.4. The van der Waals surface area contributed by atoms with Crippen LogP contribution in [-0.4, -0.2) is 55.0 Å². The van der Waals surface area contributed by atoms with Crippen molar-refractivity contribution in [2.24, 2.45) is 5.92 Å². The first kappa shape index (κ1) is 22.2. The predicted molar refractivity (Wildman–Crippen MR) is 141 cm³/mol. The van der Waals surface area contributed by atoms with Crippen LogP contribution in [0.5, 0.6) is 5.75 Å². The van der Waals surface area contributed by atoms with Gasteiger partial charge in [-0.1, -0.05) is 6.07 Å². The van der Waals surface area contributed by atoms with E-state index in [-0.39, 0.29) is 51.9 Å². The monoisotopic (exact) mass is 520 g/mol. The van der Waals surface area contributed by atoms with Crippen LogP contribution >= 0.6 is 0 Å². The summed E-state index contributed by atoms with van der Waals surface area (Å²) in [5.41, 5.74) is 0.871. The van der Waals surface area contributed by atoms with Crippen LogP contribution in [-0.2, 0) is 4.79 Å². The normalized spacial score (nSPS) is 13.7. The van der Waals surface area contributed by atoms with Gasteiger partial charge in [0.15, 0.2) is 17.3 Å². The highest BCUT2D eigenvalue weighted by atomic mass is 16.5. The molecule has 38 heavy (non-hydrogen) atoms. The van der Waals surface area contributed by atoms with Crippen molar-refractivity contribution in [3.05, 3.63) is 65.4 Å².